The van der Waals surface area contributed by atoms with Crippen molar-refractivity contribution in [2.24, 2.45) is 0 Å². The van der Waals surface area contributed by atoms with Crippen LogP contribution in [0, 0.1) is 0 Å². The highest BCUT2D eigenvalue weighted by Gasteiger charge is 2.18. The Morgan fingerprint density at radius 2 is 1.91 bits per heavy atom. The maximum absolute atomic E-state index is 12.0. The Morgan fingerprint density at radius 3 is 2.57 bits per heavy atom. The molecule has 23 heavy (non-hydrogen) atoms. The van der Waals surface area contributed by atoms with Crippen molar-refractivity contribution in [1.82, 2.24) is 4.90 Å². The van der Waals surface area contributed by atoms with Crippen molar-refractivity contribution in [2.45, 2.75) is 39.2 Å². The Hall–Kier alpha value is -2.14. The highest BCUT2D eigenvalue weighted by molar-refractivity contribution is 5.97. The minimum absolute atomic E-state index is 0.0453. The maximum Gasteiger partial charge on any atom is 0.347 e. The van der Waals surface area contributed by atoms with E-state index in [9.17, 15) is 14.7 Å². The van der Waals surface area contributed by atoms with Crippen molar-refractivity contribution < 1.29 is 14.3 Å². The largest absolute Gasteiger partial charge is 0.507 e. The van der Waals surface area contributed by atoms with E-state index in [0.29, 0.717) is 23.1 Å². The number of rotatable bonds is 3. The van der Waals surface area contributed by atoms with E-state index in [1.807, 2.05) is 0 Å². The lowest BCUT2D eigenvalue weighted by Crippen LogP contribution is -2.24. The molecular formula is C18H21NO4. The van der Waals surface area contributed by atoms with Crippen LogP contribution >= 0.6 is 0 Å². The molecule has 5 heteroatoms. The van der Waals surface area contributed by atoms with E-state index in [4.69, 9.17) is 4.42 Å². The summed E-state index contributed by atoms with van der Waals surface area (Å²) in [6, 6.07) is 4.82. The number of likely N-dealkylation sites (tertiary alicyclic amines) is 1. The predicted octanol–water partition coefficient (Wildman–Crippen LogP) is 3.08. The molecular weight excluding hydrogens is 294 g/mol. The number of carbonyl (C=O) groups excluding carboxylic acids is 1. The second kappa shape index (κ2) is 6.54. The number of aromatic hydroxyl groups is 1. The Labute approximate surface area is 134 Å². The summed E-state index contributed by atoms with van der Waals surface area (Å²) in [5.74, 6) is -0.191. The third kappa shape index (κ3) is 3.29. The minimum atomic E-state index is -0.646. The predicted molar refractivity (Wildman–Crippen MR) is 87.9 cm³/mol. The molecule has 0 atom stereocenters. The van der Waals surface area contributed by atoms with E-state index in [1.165, 1.54) is 19.8 Å². The lowest BCUT2D eigenvalue weighted by atomic mass is 10.1. The lowest BCUT2D eigenvalue weighted by Gasteiger charge is -2.20. The van der Waals surface area contributed by atoms with Crippen molar-refractivity contribution in [3.8, 4) is 5.75 Å². The summed E-state index contributed by atoms with van der Waals surface area (Å²) in [7, 11) is 0. The van der Waals surface area contributed by atoms with Gasteiger partial charge >= 0.3 is 5.63 Å². The van der Waals surface area contributed by atoms with Gasteiger partial charge in [-0.3, -0.25) is 9.69 Å². The molecule has 2 aromatic rings. The smallest absolute Gasteiger partial charge is 0.347 e. The van der Waals surface area contributed by atoms with Gasteiger partial charge in [-0.05, 0) is 51.1 Å². The molecule has 0 saturated carbocycles. The standard InChI is InChI=1S/C18H21NO4/c1-12(20)14-10-13-6-7-16(21)15(17(13)23-18(14)22)11-19-8-4-2-3-5-9-19/h6-7,10,21H,2-5,8-9,11H2,1H3. The van der Waals surface area contributed by atoms with Crippen LogP contribution < -0.4 is 5.63 Å². The summed E-state index contributed by atoms with van der Waals surface area (Å²) in [5.41, 5.74) is 0.400. The van der Waals surface area contributed by atoms with Crippen LogP contribution in [0.2, 0.25) is 0 Å². The van der Waals surface area contributed by atoms with Crippen LogP contribution in [0.5, 0.6) is 5.75 Å². The van der Waals surface area contributed by atoms with Crippen LogP contribution in [0.3, 0.4) is 0 Å². The van der Waals surface area contributed by atoms with Gasteiger partial charge in [0.2, 0.25) is 0 Å². The highest BCUT2D eigenvalue weighted by Crippen LogP contribution is 2.29. The van der Waals surface area contributed by atoms with Crippen LogP contribution in [0.4, 0.5) is 0 Å². The van der Waals surface area contributed by atoms with E-state index in [1.54, 1.807) is 18.2 Å². The van der Waals surface area contributed by atoms with E-state index in [2.05, 4.69) is 4.90 Å². The normalized spacial score (nSPS) is 16.4. The summed E-state index contributed by atoms with van der Waals surface area (Å²) < 4.78 is 5.38. The summed E-state index contributed by atoms with van der Waals surface area (Å²) in [5, 5.41) is 10.9. The molecule has 0 unspecified atom stereocenters. The summed E-state index contributed by atoms with van der Waals surface area (Å²) in [6.45, 7) is 3.85. The number of phenols is 1. The van der Waals surface area contributed by atoms with Gasteiger partial charge in [0, 0.05) is 11.9 Å². The molecule has 0 radical (unpaired) electrons. The Kier molecular flexibility index (Phi) is 4.48. The van der Waals surface area contributed by atoms with Crippen LogP contribution in [0.15, 0.2) is 27.4 Å². The zero-order chi connectivity index (χ0) is 16.4. The fourth-order valence-electron chi connectivity index (χ4n) is 3.15. The average Bonchev–Trinajstić information content (AvgIpc) is 2.78. The molecule has 3 rings (SSSR count). The van der Waals surface area contributed by atoms with Crippen LogP contribution in [0.25, 0.3) is 11.0 Å². The average molecular weight is 315 g/mol. The van der Waals surface area contributed by atoms with Crippen molar-refractivity contribution in [3.63, 3.8) is 0 Å². The topological polar surface area (TPSA) is 70.8 Å². The Balaban J connectivity index is 2.04. The molecule has 0 spiro atoms. The number of carbonyl (C=O) groups is 1. The minimum Gasteiger partial charge on any atom is -0.507 e. The number of Topliss-reactive ketones (excluding diaryl/α,β-unsaturated/α-hetero) is 1. The molecule has 122 valence electrons. The zero-order valence-electron chi connectivity index (χ0n) is 13.3. The molecule has 0 bridgehead atoms. The molecule has 1 aromatic heterocycles. The number of hydrogen-bond acceptors (Lipinski definition) is 5. The van der Waals surface area contributed by atoms with Gasteiger partial charge in [0.05, 0.1) is 5.56 Å². The molecule has 0 aliphatic carbocycles. The number of nitrogens with zero attached hydrogens (tertiary/aromatic N) is 1. The Bertz CT molecular complexity index is 785. The summed E-state index contributed by atoms with van der Waals surface area (Å²) in [6.07, 6.45) is 4.75. The van der Waals surface area contributed by atoms with Gasteiger partial charge in [0.15, 0.2) is 5.78 Å². The molecule has 1 saturated heterocycles. The maximum atomic E-state index is 12.0. The molecule has 1 aromatic carbocycles. The van der Waals surface area contributed by atoms with Gasteiger partial charge in [-0.25, -0.2) is 4.79 Å². The molecule has 1 fully saturated rings. The Morgan fingerprint density at radius 1 is 1.22 bits per heavy atom. The number of ketones is 1. The van der Waals surface area contributed by atoms with Crippen LogP contribution in [-0.2, 0) is 6.54 Å². The van der Waals surface area contributed by atoms with Crippen molar-refractivity contribution >= 4 is 16.8 Å². The molecule has 5 nitrogen and oxygen atoms in total. The molecule has 2 heterocycles. The van der Waals surface area contributed by atoms with Gasteiger partial charge < -0.3 is 9.52 Å². The lowest BCUT2D eigenvalue weighted by molar-refractivity contribution is 0.101. The zero-order valence-corrected chi connectivity index (χ0v) is 13.3. The number of hydrogen-bond donors (Lipinski definition) is 1. The van der Waals surface area contributed by atoms with Gasteiger partial charge in [-0.1, -0.05) is 12.8 Å². The first-order valence-electron chi connectivity index (χ1n) is 8.08. The fraction of sp³-hybridized carbons (Fsp3) is 0.444. The number of benzene rings is 1. The van der Waals surface area contributed by atoms with E-state index >= 15 is 0 Å². The first-order chi connectivity index (χ1) is 11.1. The van der Waals surface area contributed by atoms with Crippen molar-refractivity contribution in [2.75, 3.05) is 13.1 Å². The highest BCUT2D eigenvalue weighted by atomic mass is 16.4. The SMILES string of the molecule is CC(=O)c1cc2ccc(O)c(CN3CCCCCC3)c2oc1=O. The van der Waals surface area contributed by atoms with Gasteiger partial charge in [-0.2, -0.15) is 0 Å². The number of fused-ring (bicyclic) bond motifs is 1. The van der Waals surface area contributed by atoms with Crippen molar-refractivity contribution in [3.05, 3.63) is 39.7 Å². The van der Waals surface area contributed by atoms with E-state index < -0.39 is 5.63 Å². The van der Waals surface area contributed by atoms with E-state index in [-0.39, 0.29) is 17.1 Å². The molecule has 0 amide bonds. The molecule has 1 aliphatic heterocycles. The monoisotopic (exact) mass is 315 g/mol. The van der Waals surface area contributed by atoms with Gasteiger partial charge in [-0.15, -0.1) is 0 Å². The van der Waals surface area contributed by atoms with Crippen LogP contribution in [-0.4, -0.2) is 28.9 Å². The quantitative estimate of drug-likeness (QED) is 0.696. The van der Waals surface area contributed by atoms with Gasteiger partial charge in [0.1, 0.15) is 16.9 Å². The second-order valence-electron chi connectivity index (χ2n) is 6.18. The van der Waals surface area contributed by atoms with Gasteiger partial charge in [0.25, 0.3) is 0 Å². The summed E-state index contributed by atoms with van der Waals surface area (Å²) >= 11 is 0. The second-order valence-corrected chi connectivity index (χ2v) is 6.18. The first kappa shape index (κ1) is 15.7. The van der Waals surface area contributed by atoms with Crippen molar-refractivity contribution in [1.29, 1.82) is 0 Å². The fourth-order valence-corrected chi connectivity index (χ4v) is 3.15. The summed E-state index contributed by atoms with van der Waals surface area (Å²) in [4.78, 5) is 25.8. The third-order valence-corrected chi connectivity index (χ3v) is 4.44. The molecule has 1 aliphatic rings. The van der Waals surface area contributed by atoms with E-state index in [0.717, 1.165) is 25.9 Å². The molecule has 1 N–H and O–H groups in total. The number of phenolic OH excluding ortho intramolecular Hbond substituents is 1. The van der Waals surface area contributed by atoms with Crippen LogP contribution in [0.1, 0.15) is 48.5 Å². The first-order valence-corrected chi connectivity index (χ1v) is 8.08. The third-order valence-electron chi connectivity index (χ3n) is 4.44.